The zero-order valence-electron chi connectivity index (χ0n) is 35.5. The molecule has 0 saturated carbocycles. The van der Waals surface area contributed by atoms with Gasteiger partial charge in [0, 0.05) is 46.5 Å². The maximum atomic E-state index is 12.9. The second kappa shape index (κ2) is 24.4. The molecule has 5 rings (SSSR count). The van der Waals surface area contributed by atoms with Crippen LogP contribution in [0.5, 0.6) is 0 Å². The quantitative estimate of drug-likeness (QED) is 0.0192. The van der Waals surface area contributed by atoms with Gasteiger partial charge >= 0.3 is 19.3 Å². The summed E-state index contributed by atoms with van der Waals surface area (Å²) in [7, 11) is -3.92. The first-order chi connectivity index (χ1) is 30.2. The molecule has 5 aromatic carbocycles. The Kier molecular flexibility index (Phi) is 19.1. The van der Waals surface area contributed by atoms with E-state index >= 15 is 0 Å². The summed E-state index contributed by atoms with van der Waals surface area (Å²) in [5.41, 5.74) is 4.61. The summed E-state index contributed by atoms with van der Waals surface area (Å²) in [6, 6.07) is 45.0. The highest BCUT2D eigenvalue weighted by molar-refractivity contribution is 8.30. The van der Waals surface area contributed by atoms with Crippen LogP contribution in [0, 0.1) is 0 Å². The number of benzene rings is 5. The van der Waals surface area contributed by atoms with Gasteiger partial charge in [0.15, 0.2) is 0 Å². The third-order valence-corrected chi connectivity index (χ3v) is 17.4. The molecule has 62 heavy (non-hydrogen) atoms. The number of hydrogen-bond acceptors (Lipinski definition) is 11. The number of carbonyl (C=O) groups excluding carboxylic acids is 2. The second-order valence-corrected chi connectivity index (χ2v) is 21.1. The fourth-order valence-electron chi connectivity index (χ4n) is 7.92. The fourth-order valence-corrected chi connectivity index (χ4v) is 13.3. The summed E-state index contributed by atoms with van der Waals surface area (Å²) >= 11 is 0. The van der Waals surface area contributed by atoms with Crippen LogP contribution in [0.15, 0.2) is 140 Å². The van der Waals surface area contributed by atoms with Crippen molar-refractivity contribution in [2.24, 2.45) is 0 Å². The zero-order valence-corrected chi connectivity index (χ0v) is 37.1. The molecule has 0 amide bonds. The number of ether oxygens (including phenoxy) is 2. The average molecular weight is 887 g/mol. The highest BCUT2D eigenvalue weighted by atomic mass is 32.3. The van der Waals surface area contributed by atoms with Crippen LogP contribution in [0.25, 0.3) is 0 Å². The first kappa shape index (κ1) is 48.6. The van der Waals surface area contributed by atoms with Gasteiger partial charge in [-0.05, 0) is 52.8 Å². The first-order valence-corrected chi connectivity index (χ1v) is 24.8. The molecule has 0 saturated heterocycles. The topological polar surface area (TPSA) is 161 Å². The highest BCUT2D eigenvalue weighted by Gasteiger charge is 2.42. The Hall–Kier alpha value is -4.48. The van der Waals surface area contributed by atoms with E-state index in [0.717, 1.165) is 16.7 Å². The average Bonchev–Trinajstić information content (AvgIpc) is 3.30. The third kappa shape index (κ3) is 12.4. The van der Waals surface area contributed by atoms with Crippen molar-refractivity contribution < 1.29 is 52.3 Å². The van der Waals surface area contributed by atoms with E-state index < -0.39 is 45.3 Å². The number of rotatable bonds is 26. The molecule has 11 nitrogen and oxygen atoms in total. The van der Waals surface area contributed by atoms with Gasteiger partial charge in [0.25, 0.3) is 0 Å². The molecule has 0 aromatic heterocycles. The number of aliphatic hydroxyl groups excluding tert-OH is 4. The van der Waals surface area contributed by atoms with Crippen molar-refractivity contribution in [1.29, 1.82) is 0 Å². The molecule has 0 aliphatic heterocycles. The standard InChI is InChI=1S/C48H59BO11S2/c1-56-46(54)44-25-14-12-17-39(44)37-61(33-28-50,34-29-51)59-49(60-62(35-30-52,36-31-53)38-40-18-13-15-26-45(40)47(55)57-2)58-32-16-27-48(41-19-6-3-7-20-41,42-21-8-4-9-22-42)43-23-10-5-11-24-43/h3-15,17-26,50-53H,16,27-38H2,1-2H3. The molecule has 0 spiro atoms. The van der Waals surface area contributed by atoms with Crippen LogP contribution in [-0.2, 0) is 39.2 Å². The Morgan fingerprint density at radius 1 is 0.516 bits per heavy atom. The predicted octanol–water partition coefficient (Wildman–Crippen LogP) is 7.22. The molecule has 0 atom stereocenters. The largest absolute Gasteiger partial charge is 0.660 e. The van der Waals surface area contributed by atoms with E-state index in [1.165, 1.54) is 14.2 Å². The molecular weight excluding hydrogens is 827 g/mol. The lowest BCUT2D eigenvalue weighted by atomic mass is 9.67. The number of aliphatic hydroxyl groups is 4. The van der Waals surface area contributed by atoms with Gasteiger partial charge in [0.1, 0.15) is 0 Å². The van der Waals surface area contributed by atoms with E-state index in [9.17, 15) is 30.0 Å². The summed E-state index contributed by atoms with van der Waals surface area (Å²) in [6.07, 6.45) is 1.14. The van der Waals surface area contributed by atoms with Crippen molar-refractivity contribution >= 4 is 39.9 Å². The molecule has 332 valence electrons. The van der Waals surface area contributed by atoms with Crippen LogP contribution in [0.2, 0.25) is 0 Å². The molecule has 0 aliphatic carbocycles. The lowest BCUT2D eigenvalue weighted by Crippen LogP contribution is -2.37. The van der Waals surface area contributed by atoms with E-state index in [-0.39, 0.29) is 67.6 Å². The minimum atomic E-state index is -2.55. The normalized spacial score (nSPS) is 12.4. The molecular formula is C48H59BO11S2. The van der Waals surface area contributed by atoms with Crippen LogP contribution < -0.4 is 0 Å². The Balaban J connectivity index is 1.57. The Labute approximate surface area is 369 Å². The van der Waals surface area contributed by atoms with Gasteiger partial charge in [0.05, 0.1) is 51.8 Å². The first-order valence-electron chi connectivity index (χ1n) is 20.7. The van der Waals surface area contributed by atoms with Gasteiger partial charge in [-0.3, -0.25) is 0 Å². The van der Waals surface area contributed by atoms with Gasteiger partial charge in [-0.2, -0.15) is 0 Å². The molecule has 5 aromatic rings. The third-order valence-electron chi connectivity index (χ3n) is 10.9. The van der Waals surface area contributed by atoms with E-state index in [4.69, 9.17) is 22.3 Å². The van der Waals surface area contributed by atoms with Crippen molar-refractivity contribution in [1.82, 2.24) is 0 Å². The predicted molar refractivity (Wildman–Crippen MR) is 248 cm³/mol. The summed E-state index contributed by atoms with van der Waals surface area (Å²) in [5.74, 6) is -0.341. The molecule has 4 N–H and O–H groups in total. The van der Waals surface area contributed by atoms with Gasteiger partial charge in [-0.15, -0.1) is 20.6 Å². The SMILES string of the molecule is COC(=O)c1ccccc1CS(CCO)(CCO)OB(OCCCC(c1ccccc1)(c1ccccc1)c1ccccc1)OS(CCO)(CCO)Cc1ccccc1C(=O)OC. The Morgan fingerprint density at radius 2 is 0.855 bits per heavy atom. The number of hydrogen-bond donors (Lipinski definition) is 4. The van der Waals surface area contributed by atoms with Gasteiger partial charge in [-0.1, -0.05) is 127 Å². The van der Waals surface area contributed by atoms with Gasteiger partial charge in [0.2, 0.25) is 0 Å². The fraction of sp³-hybridized carbons (Fsp3) is 0.333. The van der Waals surface area contributed by atoms with E-state index in [2.05, 4.69) is 36.4 Å². The van der Waals surface area contributed by atoms with Gasteiger partial charge < -0.3 is 42.8 Å². The Morgan fingerprint density at radius 3 is 1.19 bits per heavy atom. The van der Waals surface area contributed by atoms with Crippen LogP contribution in [0.4, 0.5) is 0 Å². The monoisotopic (exact) mass is 886 g/mol. The molecule has 14 heteroatoms. The molecule has 0 aliphatic rings. The maximum Gasteiger partial charge on any atom is 0.660 e. The smallest absolute Gasteiger partial charge is 0.465 e. The number of esters is 2. The van der Waals surface area contributed by atoms with Crippen molar-refractivity contribution in [2.75, 3.05) is 70.3 Å². The van der Waals surface area contributed by atoms with Crippen molar-refractivity contribution in [3.05, 3.63) is 178 Å². The van der Waals surface area contributed by atoms with Crippen molar-refractivity contribution in [3.8, 4) is 0 Å². The lowest BCUT2D eigenvalue weighted by Gasteiger charge is -2.45. The lowest BCUT2D eigenvalue weighted by molar-refractivity contribution is 0.0591. The number of methoxy groups -OCH3 is 2. The summed E-state index contributed by atoms with van der Waals surface area (Å²) in [5, 5.41) is 42.2. The van der Waals surface area contributed by atoms with E-state index in [1.807, 2.05) is 54.6 Å². The molecule has 0 heterocycles. The minimum absolute atomic E-state index is 0.110. The second-order valence-electron chi connectivity index (χ2n) is 14.7. The maximum absolute atomic E-state index is 12.9. The number of carbonyl (C=O) groups is 2. The summed E-state index contributed by atoms with van der Waals surface area (Å²) in [6.45, 7) is -1.05. The molecule has 0 fully saturated rings. The molecule has 0 radical (unpaired) electrons. The molecule has 0 unspecified atom stereocenters. The minimum Gasteiger partial charge on any atom is -0.465 e. The van der Waals surface area contributed by atoms with E-state index in [0.29, 0.717) is 35.1 Å². The van der Waals surface area contributed by atoms with Gasteiger partial charge in [-0.25, -0.2) is 9.59 Å². The summed E-state index contributed by atoms with van der Waals surface area (Å²) in [4.78, 5) is 25.9. The Bertz CT molecular complexity index is 1920. The molecule has 0 bridgehead atoms. The van der Waals surface area contributed by atoms with Crippen molar-refractivity contribution in [3.63, 3.8) is 0 Å². The van der Waals surface area contributed by atoms with Crippen LogP contribution in [-0.4, -0.2) is 110 Å². The van der Waals surface area contributed by atoms with E-state index in [1.54, 1.807) is 48.5 Å². The van der Waals surface area contributed by atoms with Crippen LogP contribution >= 0.6 is 20.6 Å². The summed E-state index contributed by atoms with van der Waals surface area (Å²) < 4.78 is 30.9. The highest BCUT2D eigenvalue weighted by Crippen LogP contribution is 2.57. The van der Waals surface area contributed by atoms with Crippen LogP contribution in [0.1, 0.15) is 61.4 Å². The van der Waals surface area contributed by atoms with Crippen molar-refractivity contribution in [2.45, 2.75) is 29.8 Å². The van der Waals surface area contributed by atoms with Crippen LogP contribution in [0.3, 0.4) is 0 Å². The zero-order chi connectivity index (χ0) is 44.3.